The molecule has 2 saturated heterocycles. The molecular formula is C31H32ClF3N4O2. The van der Waals surface area contributed by atoms with Crippen molar-refractivity contribution in [1.82, 2.24) is 15.1 Å². The molecule has 10 heteroatoms. The largest absolute Gasteiger partial charge is 0.416 e. The average molecular weight is 585 g/mol. The highest BCUT2D eigenvalue weighted by Gasteiger charge is 2.41. The third-order valence-electron chi connectivity index (χ3n) is 7.88. The van der Waals surface area contributed by atoms with Gasteiger partial charge in [-0.05, 0) is 73.7 Å². The quantitative estimate of drug-likeness (QED) is 0.318. The van der Waals surface area contributed by atoms with Crippen molar-refractivity contribution in [2.45, 2.75) is 56.5 Å². The van der Waals surface area contributed by atoms with Gasteiger partial charge in [0, 0.05) is 42.4 Å². The number of likely N-dealkylation sites (N-methyl/N-ethyl adjacent to an activating group) is 1. The number of hydrogen-bond donors (Lipinski definition) is 2. The SMILES string of the molecule is CN(CC(=O)NC1CC2CCC(C1)N2Cc1ccc(Cl)cc1)C(=O)c1ccccc1Nc1cccc(C(F)(F)F)c1. The average Bonchev–Trinajstić information content (AvgIpc) is 3.16. The van der Waals surface area contributed by atoms with Crippen LogP contribution in [0, 0.1) is 0 Å². The number of benzene rings is 3. The zero-order valence-corrected chi connectivity index (χ0v) is 23.4. The van der Waals surface area contributed by atoms with Gasteiger partial charge in [0.25, 0.3) is 5.91 Å². The zero-order chi connectivity index (χ0) is 29.1. The molecule has 6 nitrogen and oxygen atoms in total. The minimum atomic E-state index is -4.48. The van der Waals surface area contributed by atoms with Crippen LogP contribution < -0.4 is 10.6 Å². The molecule has 2 fully saturated rings. The van der Waals surface area contributed by atoms with E-state index in [1.807, 2.05) is 12.1 Å². The summed E-state index contributed by atoms with van der Waals surface area (Å²) in [5, 5.41) is 6.77. The number of nitrogens with one attached hydrogen (secondary N) is 2. The summed E-state index contributed by atoms with van der Waals surface area (Å²) < 4.78 is 39.4. The van der Waals surface area contributed by atoms with Crippen molar-refractivity contribution in [1.29, 1.82) is 0 Å². The summed E-state index contributed by atoms with van der Waals surface area (Å²) in [7, 11) is 1.54. The number of carbonyl (C=O) groups excluding carboxylic acids is 2. The summed E-state index contributed by atoms with van der Waals surface area (Å²) in [5.74, 6) is -0.646. The third-order valence-corrected chi connectivity index (χ3v) is 8.13. The molecule has 2 unspecified atom stereocenters. The van der Waals surface area contributed by atoms with Gasteiger partial charge in [0.2, 0.25) is 5.91 Å². The molecule has 216 valence electrons. The van der Waals surface area contributed by atoms with Crippen molar-refractivity contribution in [2.75, 3.05) is 18.9 Å². The summed E-state index contributed by atoms with van der Waals surface area (Å²) in [5.41, 5.74) is 1.25. The van der Waals surface area contributed by atoms with Crippen LogP contribution in [0.25, 0.3) is 0 Å². The third kappa shape index (κ3) is 7.02. The van der Waals surface area contributed by atoms with Gasteiger partial charge in [0.05, 0.1) is 23.4 Å². The molecular weight excluding hydrogens is 553 g/mol. The van der Waals surface area contributed by atoms with Gasteiger partial charge in [-0.15, -0.1) is 0 Å². The van der Waals surface area contributed by atoms with Crippen LogP contribution in [0.15, 0.2) is 72.8 Å². The highest BCUT2D eigenvalue weighted by molar-refractivity contribution is 6.30. The standard InChI is InChI=1S/C31H32ClF3N4O2/c1-38(30(41)27-7-2-3-8-28(27)36-23-6-4-5-21(15-23)31(33,34)35)19-29(40)37-24-16-25-13-14-26(17-24)39(25)18-20-9-11-22(32)12-10-20/h2-12,15,24-26,36H,13-14,16-19H2,1H3,(H,37,40). The van der Waals surface area contributed by atoms with Crippen LogP contribution in [0.5, 0.6) is 0 Å². The number of carbonyl (C=O) groups is 2. The second-order valence-corrected chi connectivity index (χ2v) is 11.3. The van der Waals surface area contributed by atoms with Gasteiger partial charge >= 0.3 is 6.18 Å². The highest BCUT2D eigenvalue weighted by atomic mass is 35.5. The van der Waals surface area contributed by atoms with E-state index in [0.717, 1.165) is 49.4 Å². The smallest absolute Gasteiger partial charge is 0.355 e. The Morgan fingerprint density at radius 3 is 2.34 bits per heavy atom. The number of anilines is 2. The summed E-state index contributed by atoms with van der Waals surface area (Å²) >= 11 is 6.03. The molecule has 0 aromatic heterocycles. The van der Waals surface area contributed by atoms with E-state index < -0.39 is 17.6 Å². The summed E-state index contributed by atoms with van der Waals surface area (Å²) in [6.45, 7) is 0.732. The van der Waals surface area contributed by atoms with E-state index >= 15 is 0 Å². The highest BCUT2D eigenvalue weighted by Crippen LogP contribution is 2.37. The monoisotopic (exact) mass is 584 g/mol. The first kappa shape index (κ1) is 29.0. The van der Waals surface area contributed by atoms with Gasteiger partial charge in [0.15, 0.2) is 0 Å². The van der Waals surface area contributed by atoms with E-state index in [4.69, 9.17) is 11.6 Å². The van der Waals surface area contributed by atoms with Crippen molar-refractivity contribution >= 4 is 34.8 Å². The number of piperidine rings is 1. The first-order chi connectivity index (χ1) is 19.6. The van der Waals surface area contributed by atoms with Crippen molar-refractivity contribution < 1.29 is 22.8 Å². The van der Waals surface area contributed by atoms with Gasteiger partial charge in [-0.2, -0.15) is 13.2 Å². The van der Waals surface area contributed by atoms with E-state index in [-0.39, 0.29) is 29.7 Å². The van der Waals surface area contributed by atoms with Gasteiger partial charge in [-0.25, -0.2) is 0 Å². The fourth-order valence-corrected chi connectivity index (χ4v) is 6.05. The van der Waals surface area contributed by atoms with Crippen LogP contribution in [0.1, 0.15) is 47.2 Å². The van der Waals surface area contributed by atoms with Gasteiger partial charge in [-0.3, -0.25) is 14.5 Å². The molecule has 3 aromatic rings. The molecule has 0 spiro atoms. The van der Waals surface area contributed by atoms with Crippen LogP contribution in [-0.4, -0.2) is 53.3 Å². The van der Waals surface area contributed by atoms with Crippen LogP contribution in [0.3, 0.4) is 0 Å². The topological polar surface area (TPSA) is 64.7 Å². The molecule has 5 rings (SSSR count). The van der Waals surface area contributed by atoms with Crippen LogP contribution in [0.2, 0.25) is 5.02 Å². The predicted octanol–water partition coefficient (Wildman–Crippen LogP) is 6.49. The number of halogens is 4. The molecule has 0 radical (unpaired) electrons. The van der Waals surface area contributed by atoms with E-state index in [0.29, 0.717) is 17.8 Å². The molecule has 2 atom stereocenters. The number of nitrogens with zero attached hydrogens (tertiary/aromatic N) is 2. The fraction of sp³-hybridized carbons (Fsp3) is 0.355. The van der Waals surface area contributed by atoms with Crippen molar-refractivity contribution in [3.05, 3.63) is 94.5 Å². The lowest BCUT2D eigenvalue weighted by molar-refractivity contribution is -0.137. The first-order valence-corrected chi connectivity index (χ1v) is 14.0. The molecule has 0 saturated carbocycles. The lowest BCUT2D eigenvalue weighted by atomic mass is 9.96. The Morgan fingerprint density at radius 1 is 0.976 bits per heavy atom. The predicted molar refractivity (Wildman–Crippen MR) is 153 cm³/mol. The van der Waals surface area contributed by atoms with Crippen LogP contribution >= 0.6 is 11.6 Å². The number of amides is 2. The summed E-state index contributed by atoms with van der Waals surface area (Å²) in [6.07, 6.45) is -0.570. The molecule has 2 aliphatic rings. The maximum absolute atomic E-state index is 13.3. The maximum atomic E-state index is 13.3. The number of fused-ring (bicyclic) bond motifs is 2. The number of para-hydroxylation sites is 1. The Morgan fingerprint density at radius 2 is 1.66 bits per heavy atom. The minimum absolute atomic E-state index is 0.0415. The normalized spacial score (nSPS) is 20.5. The van der Waals surface area contributed by atoms with E-state index in [1.165, 1.54) is 22.6 Å². The molecule has 3 aromatic carbocycles. The van der Waals surface area contributed by atoms with Gasteiger partial charge < -0.3 is 15.5 Å². The number of alkyl halides is 3. The second kappa shape index (κ2) is 12.1. The molecule has 0 aliphatic carbocycles. The molecule has 2 aliphatic heterocycles. The Bertz CT molecular complexity index is 1380. The van der Waals surface area contributed by atoms with E-state index in [2.05, 4.69) is 27.7 Å². The zero-order valence-electron chi connectivity index (χ0n) is 22.6. The molecule has 2 amide bonds. The second-order valence-electron chi connectivity index (χ2n) is 10.8. The lowest BCUT2D eigenvalue weighted by Crippen LogP contribution is -2.51. The molecule has 41 heavy (non-hydrogen) atoms. The van der Waals surface area contributed by atoms with E-state index in [9.17, 15) is 22.8 Å². The lowest BCUT2D eigenvalue weighted by Gasteiger charge is -2.39. The Labute approximate surface area is 242 Å². The van der Waals surface area contributed by atoms with Crippen molar-refractivity contribution in [3.8, 4) is 0 Å². The Balaban J connectivity index is 1.17. The summed E-state index contributed by atoms with van der Waals surface area (Å²) in [4.78, 5) is 30.1. The van der Waals surface area contributed by atoms with Crippen molar-refractivity contribution in [3.63, 3.8) is 0 Å². The van der Waals surface area contributed by atoms with Gasteiger partial charge in [0.1, 0.15) is 0 Å². The Hall–Kier alpha value is -3.56. The molecule has 2 heterocycles. The summed E-state index contributed by atoms with van der Waals surface area (Å²) in [6, 6.07) is 20.1. The molecule has 2 N–H and O–H groups in total. The maximum Gasteiger partial charge on any atom is 0.416 e. The van der Waals surface area contributed by atoms with Crippen LogP contribution in [0.4, 0.5) is 24.5 Å². The number of rotatable bonds is 8. The van der Waals surface area contributed by atoms with E-state index in [1.54, 1.807) is 31.3 Å². The Kier molecular flexibility index (Phi) is 8.56. The van der Waals surface area contributed by atoms with Gasteiger partial charge in [-0.1, -0.05) is 41.9 Å². The van der Waals surface area contributed by atoms with Crippen molar-refractivity contribution in [2.24, 2.45) is 0 Å². The minimum Gasteiger partial charge on any atom is -0.355 e. The first-order valence-electron chi connectivity index (χ1n) is 13.6. The molecule has 2 bridgehead atoms. The number of hydrogen-bond acceptors (Lipinski definition) is 4. The van der Waals surface area contributed by atoms with Crippen LogP contribution in [-0.2, 0) is 17.5 Å². The fourth-order valence-electron chi connectivity index (χ4n) is 5.92.